The first-order valence-corrected chi connectivity index (χ1v) is 5.09. The molecule has 0 spiro atoms. The number of hydrogen-bond donors (Lipinski definition) is 0. The first kappa shape index (κ1) is 13.8. The highest BCUT2D eigenvalue weighted by molar-refractivity contribution is 6.04. The topological polar surface area (TPSA) is 60.4 Å². The molecule has 0 amide bonds. The summed E-state index contributed by atoms with van der Waals surface area (Å²) in [4.78, 5) is 34.0. The zero-order valence-corrected chi connectivity index (χ0v) is 9.70. The lowest BCUT2D eigenvalue weighted by atomic mass is 9.89. The van der Waals surface area contributed by atoms with Crippen molar-refractivity contribution < 1.29 is 19.1 Å². The molecule has 0 heterocycles. The van der Waals surface area contributed by atoms with Gasteiger partial charge in [0.2, 0.25) is 0 Å². The van der Waals surface area contributed by atoms with Crippen LogP contribution >= 0.6 is 0 Å². The highest BCUT2D eigenvalue weighted by Crippen LogP contribution is 2.13. The Hall–Kier alpha value is -1.19. The molecule has 0 aromatic heterocycles. The van der Waals surface area contributed by atoms with Gasteiger partial charge in [-0.15, -0.1) is 0 Å². The maximum atomic E-state index is 11.6. The first-order chi connectivity index (χ1) is 6.90. The number of Topliss-reactive ketones (excluding diaryl/α,β-unsaturated/α-hetero) is 2. The number of rotatable bonds is 6. The number of ether oxygens (including phenoxy) is 1. The number of hydrogen-bond acceptors (Lipinski definition) is 4. The van der Waals surface area contributed by atoms with Gasteiger partial charge < -0.3 is 4.74 Å². The minimum atomic E-state index is -0.843. The smallest absolute Gasteiger partial charge is 0.306 e. The maximum absolute atomic E-state index is 11.6. The SMILES string of the molecule is CCOC(=O)C[C@H](C(C)=O)C(=O)C(C)C. The second-order valence-corrected chi connectivity index (χ2v) is 3.73. The van der Waals surface area contributed by atoms with Crippen molar-refractivity contribution in [1.82, 2.24) is 0 Å². The maximum Gasteiger partial charge on any atom is 0.306 e. The van der Waals surface area contributed by atoms with Crippen molar-refractivity contribution in [3.05, 3.63) is 0 Å². The van der Waals surface area contributed by atoms with E-state index in [4.69, 9.17) is 4.74 Å². The van der Waals surface area contributed by atoms with Gasteiger partial charge in [0.25, 0.3) is 0 Å². The molecule has 0 aromatic rings. The van der Waals surface area contributed by atoms with Crippen LogP contribution in [-0.4, -0.2) is 24.1 Å². The molecular formula is C11H18O4. The molecule has 4 heteroatoms. The van der Waals surface area contributed by atoms with Gasteiger partial charge in [-0.3, -0.25) is 14.4 Å². The molecule has 0 unspecified atom stereocenters. The number of esters is 1. The van der Waals surface area contributed by atoms with E-state index >= 15 is 0 Å². The minimum Gasteiger partial charge on any atom is -0.466 e. The summed E-state index contributed by atoms with van der Waals surface area (Å²) < 4.78 is 4.71. The van der Waals surface area contributed by atoms with Crippen LogP contribution in [0.25, 0.3) is 0 Å². The number of carbonyl (C=O) groups excluding carboxylic acids is 3. The Morgan fingerprint density at radius 1 is 1.20 bits per heavy atom. The van der Waals surface area contributed by atoms with Crippen LogP contribution in [0.2, 0.25) is 0 Å². The molecule has 1 atom stereocenters. The Morgan fingerprint density at radius 3 is 2.07 bits per heavy atom. The first-order valence-electron chi connectivity index (χ1n) is 5.09. The second-order valence-electron chi connectivity index (χ2n) is 3.73. The Balaban J connectivity index is 4.48. The number of ketones is 2. The average Bonchev–Trinajstić information content (AvgIpc) is 2.13. The third-order valence-corrected chi connectivity index (χ3v) is 2.08. The third kappa shape index (κ3) is 4.72. The van der Waals surface area contributed by atoms with Gasteiger partial charge in [0.05, 0.1) is 18.9 Å². The Labute approximate surface area is 90.0 Å². The number of carbonyl (C=O) groups is 3. The predicted molar refractivity (Wildman–Crippen MR) is 55.3 cm³/mol. The van der Waals surface area contributed by atoms with Crippen LogP contribution in [0.1, 0.15) is 34.1 Å². The highest BCUT2D eigenvalue weighted by Gasteiger charge is 2.28. The van der Waals surface area contributed by atoms with Gasteiger partial charge in [0.1, 0.15) is 11.6 Å². The van der Waals surface area contributed by atoms with E-state index in [-0.39, 0.29) is 30.5 Å². The van der Waals surface area contributed by atoms with Crippen molar-refractivity contribution in [2.45, 2.75) is 34.1 Å². The molecule has 0 saturated heterocycles. The predicted octanol–water partition coefficient (Wildman–Crippen LogP) is 1.37. The van der Waals surface area contributed by atoms with Gasteiger partial charge in [-0.05, 0) is 13.8 Å². The molecule has 0 radical (unpaired) electrons. The fraction of sp³-hybridized carbons (Fsp3) is 0.727. The summed E-state index contributed by atoms with van der Waals surface area (Å²) in [7, 11) is 0. The van der Waals surface area contributed by atoms with Crippen LogP contribution < -0.4 is 0 Å². The highest BCUT2D eigenvalue weighted by atomic mass is 16.5. The third-order valence-electron chi connectivity index (χ3n) is 2.08. The summed E-state index contributed by atoms with van der Waals surface area (Å²) in [6.45, 7) is 6.70. The van der Waals surface area contributed by atoms with Gasteiger partial charge in [-0.25, -0.2) is 0 Å². The fourth-order valence-electron chi connectivity index (χ4n) is 1.23. The van der Waals surface area contributed by atoms with E-state index in [0.717, 1.165) is 0 Å². The Kier molecular flexibility index (Phi) is 5.82. The van der Waals surface area contributed by atoms with E-state index in [2.05, 4.69) is 0 Å². The normalized spacial score (nSPS) is 12.3. The zero-order chi connectivity index (χ0) is 12.0. The zero-order valence-electron chi connectivity index (χ0n) is 9.70. The lowest BCUT2D eigenvalue weighted by Gasteiger charge is -2.13. The average molecular weight is 214 g/mol. The van der Waals surface area contributed by atoms with E-state index in [0.29, 0.717) is 0 Å². The van der Waals surface area contributed by atoms with Gasteiger partial charge in [0, 0.05) is 5.92 Å². The van der Waals surface area contributed by atoms with E-state index in [1.165, 1.54) is 6.92 Å². The summed E-state index contributed by atoms with van der Waals surface area (Å²) in [6, 6.07) is 0. The van der Waals surface area contributed by atoms with Gasteiger partial charge >= 0.3 is 5.97 Å². The summed E-state index contributed by atoms with van der Waals surface area (Å²) in [5.41, 5.74) is 0. The summed E-state index contributed by atoms with van der Waals surface area (Å²) in [5, 5.41) is 0. The molecule has 0 aliphatic carbocycles. The summed E-state index contributed by atoms with van der Waals surface area (Å²) in [5.74, 6) is -2.05. The van der Waals surface area contributed by atoms with Crippen LogP contribution in [-0.2, 0) is 19.1 Å². The Bertz CT molecular complexity index is 255. The molecule has 0 aromatic carbocycles. The van der Waals surface area contributed by atoms with Gasteiger partial charge in [0.15, 0.2) is 0 Å². The molecule has 0 aliphatic heterocycles. The summed E-state index contributed by atoms with van der Waals surface area (Å²) in [6.07, 6.45) is -0.139. The fourth-order valence-corrected chi connectivity index (χ4v) is 1.23. The Morgan fingerprint density at radius 2 is 1.73 bits per heavy atom. The minimum absolute atomic E-state index is 0.139. The van der Waals surface area contributed by atoms with E-state index < -0.39 is 11.9 Å². The van der Waals surface area contributed by atoms with E-state index in [9.17, 15) is 14.4 Å². The molecule has 15 heavy (non-hydrogen) atoms. The quantitative estimate of drug-likeness (QED) is 0.495. The molecular weight excluding hydrogens is 196 g/mol. The molecule has 0 N–H and O–H groups in total. The molecule has 0 rings (SSSR count). The van der Waals surface area contributed by atoms with Crippen LogP contribution in [0.5, 0.6) is 0 Å². The largest absolute Gasteiger partial charge is 0.466 e. The van der Waals surface area contributed by atoms with Gasteiger partial charge in [-0.2, -0.15) is 0 Å². The molecule has 0 saturated carbocycles. The lowest BCUT2D eigenvalue weighted by Crippen LogP contribution is -2.29. The van der Waals surface area contributed by atoms with Crippen molar-refractivity contribution in [1.29, 1.82) is 0 Å². The van der Waals surface area contributed by atoms with E-state index in [1.807, 2.05) is 0 Å². The monoisotopic (exact) mass is 214 g/mol. The van der Waals surface area contributed by atoms with Crippen LogP contribution in [0.3, 0.4) is 0 Å². The second kappa shape index (κ2) is 6.32. The van der Waals surface area contributed by atoms with Crippen molar-refractivity contribution in [3.63, 3.8) is 0 Å². The molecule has 4 nitrogen and oxygen atoms in total. The summed E-state index contributed by atoms with van der Waals surface area (Å²) >= 11 is 0. The standard InChI is InChI=1S/C11H18O4/c1-5-15-10(13)6-9(8(4)12)11(14)7(2)3/h7,9H,5-6H2,1-4H3/t9-/m1/s1. The van der Waals surface area contributed by atoms with Crippen LogP contribution in [0, 0.1) is 11.8 Å². The van der Waals surface area contributed by atoms with Crippen molar-refractivity contribution in [3.8, 4) is 0 Å². The molecule has 0 fully saturated rings. The lowest BCUT2D eigenvalue weighted by molar-refractivity contribution is -0.149. The van der Waals surface area contributed by atoms with Crippen molar-refractivity contribution in [2.24, 2.45) is 11.8 Å². The van der Waals surface area contributed by atoms with Crippen molar-refractivity contribution in [2.75, 3.05) is 6.61 Å². The van der Waals surface area contributed by atoms with Crippen LogP contribution in [0.15, 0.2) is 0 Å². The van der Waals surface area contributed by atoms with E-state index in [1.54, 1.807) is 20.8 Å². The van der Waals surface area contributed by atoms with Crippen molar-refractivity contribution >= 4 is 17.5 Å². The molecule has 0 bridgehead atoms. The van der Waals surface area contributed by atoms with Gasteiger partial charge in [-0.1, -0.05) is 13.8 Å². The van der Waals surface area contributed by atoms with Crippen LogP contribution in [0.4, 0.5) is 0 Å². The molecule has 86 valence electrons. The molecule has 0 aliphatic rings.